The summed E-state index contributed by atoms with van der Waals surface area (Å²) in [5.74, 6) is -0.351. The van der Waals surface area contributed by atoms with E-state index < -0.39 is 0 Å². The largest absolute Gasteiger partial charge is 0.458 e. The first-order valence-electron chi connectivity index (χ1n) is 4.67. The maximum atomic E-state index is 10.7. The second-order valence-electron chi connectivity index (χ2n) is 2.86. The van der Waals surface area contributed by atoms with Crippen LogP contribution in [0.2, 0.25) is 0 Å². The van der Waals surface area contributed by atoms with Gasteiger partial charge in [0.25, 0.3) is 0 Å². The Bertz CT molecular complexity index is 192. The Morgan fingerprint density at radius 3 is 2.69 bits per heavy atom. The van der Waals surface area contributed by atoms with Crippen molar-refractivity contribution in [3.05, 3.63) is 24.3 Å². The van der Waals surface area contributed by atoms with Crippen LogP contribution >= 0.6 is 0 Å². The highest BCUT2D eigenvalue weighted by Crippen LogP contribution is 2.07. The molecule has 0 aromatic carbocycles. The van der Waals surface area contributed by atoms with E-state index in [2.05, 4.69) is 13.5 Å². The summed E-state index contributed by atoms with van der Waals surface area (Å²) in [6, 6.07) is 0. The van der Waals surface area contributed by atoms with Gasteiger partial charge in [-0.15, -0.1) is 0 Å². The molecule has 0 aliphatic rings. The Labute approximate surface area is 80.3 Å². The molecule has 13 heavy (non-hydrogen) atoms. The lowest BCUT2D eigenvalue weighted by atomic mass is 10.1. The first kappa shape index (κ1) is 11.9. The van der Waals surface area contributed by atoms with Crippen LogP contribution < -0.4 is 0 Å². The van der Waals surface area contributed by atoms with E-state index in [1.807, 2.05) is 13.0 Å². The molecule has 0 unspecified atom stereocenters. The topological polar surface area (TPSA) is 26.3 Å². The highest BCUT2D eigenvalue weighted by molar-refractivity contribution is 5.81. The normalized spacial score (nSPS) is 11.1. The lowest BCUT2D eigenvalue weighted by Gasteiger charge is -2.05. The predicted octanol–water partition coefficient (Wildman–Crippen LogP) is 2.85. The van der Waals surface area contributed by atoms with Crippen molar-refractivity contribution in [2.24, 2.45) is 0 Å². The van der Waals surface area contributed by atoms with Crippen LogP contribution in [0, 0.1) is 0 Å². The minimum atomic E-state index is -0.351. The Morgan fingerprint density at radius 1 is 1.54 bits per heavy atom. The maximum absolute atomic E-state index is 10.7. The number of rotatable bonds is 6. The lowest BCUT2D eigenvalue weighted by molar-refractivity contribution is -0.136. The van der Waals surface area contributed by atoms with Gasteiger partial charge < -0.3 is 4.74 Å². The van der Waals surface area contributed by atoms with Crippen LogP contribution in [0.15, 0.2) is 24.3 Å². The number of unbranched alkanes of at least 4 members (excludes halogenated alkanes) is 1. The molecule has 74 valence electrons. The van der Waals surface area contributed by atoms with Crippen LogP contribution in [0.4, 0.5) is 0 Å². The Kier molecular flexibility index (Phi) is 6.98. The van der Waals surface area contributed by atoms with E-state index in [0.717, 1.165) is 19.3 Å². The van der Waals surface area contributed by atoms with Crippen LogP contribution in [0.3, 0.4) is 0 Å². The zero-order valence-corrected chi connectivity index (χ0v) is 8.51. The van der Waals surface area contributed by atoms with Crippen molar-refractivity contribution >= 4 is 5.97 Å². The van der Waals surface area contributed by atoms with E-state index in [4.69, 9.17) is 4.74 Å². The third-order valence-electron chi connectivity index (χ3n) is 1.83. The molecular formula is C11H18O2. The molecule has 2 heteroatoms. The molecule has 0 rings (SSSR count). The highest BCUT2D eigenvalue weighted by atomic mass is 16.5. The first-order valence-corrected chi connectivity index (χ1v) is 4.67. The quantitative estimate of drug-likeness (QED) is 0.358. The van der Waals surface area contributed by atoms with Crippen molar-refractivity contribution in [3.63, 3.8) is 0 Å². The molecule has 2 nitrogen and oxygen atoms in total. The lowest BCUT2D eigenvalue weighted by Crippen LogP contribution is -2.04. The fourth-order valence-electron chi connectivity index (χ4n) is 0.926. The van der Waals surface area contributed by atoms with Crippen LogP contribution in [0.1, 0.15) is 33.1 Å². The fourth-order valence-corrected chi connectivity index (χ4v) is 0.926. The molecule has 0 saturated heterocycles. The van der Waals surface area contributed by atoms with Crippen molar-refractivity contribution in [3.8, 4) is 0 Å². The van der Waals surface area contributed by atoms with Crippen LogP contribution in [-0.2, 0) is 9.53 Å². The van der Waals surface area contributed by atoms with Gasteiger partial charge in [0.2, 0.25) is 0 Å². The van der Waals surface area contributed by atoms with Crippen molar-refractivity contribution < 1.29 is 9.53 Å². The Morgan fingerprint density at radius 2 is 2.23 bits per heavy atom. The first-order chi connectivity index (χ1) is 6.24. The van der Waals surface area contributed by atoms with Gasteiger partial charge in [0.15, 0.2) is 0 Å². The fraction of sp³-hybridized carbons (Fsp3) is 0.545. The molecular weight excluding hydrogens is 164 g/mol. The average molecular weight is 182 g/mol. The minimum Gasteiger partial charge on any atom is -0.458 e. The molecule has 0 fully saturated rings. The SMILES string of the molecule is C=CC(=O)OCC(=CC)CCCC. The summed E-state index contributed by atoms with van der Waals surface area (Å²) < 4.78 is 4.92. The van der Waals surface area contributed by atoms with Crippen LogP contribution in [0.5, 0.6) is 0 Å². The predicted molar refractivity (Wildman–Crippen MR) is 54.4 cm³/mol. The highest BCUT2D eigenvalue weighted by Gasteiger charge is 1.99. The molecule has 0 aromatic heterocycles. The second kappa shape index (κ2) is 7.59. The molecule has 0 atom stereocenters. The number of hydrogen-bond acceptors (Lipinski definition) is 2. The summed E-state index contributed by atoms with van der Waals surface area (Å²) in [5, 5.41) is 0. The van der Waals surface area contributed by atoms with Crippen LogP contribution in [0.25, 0.3) is 0 Å². The monoisotopic (exact) mass is 182 g/mol. The summed E-state index contributed by atoms with van der Waals surface area (Å²) in [5.41, 5.74) is 1.18. The van der Waals surface area contributed by atoms with Gasteiger partial charge in [-0.2, -0.15) is 0 Å². The van der Waals surface area contributed by atoms with E-state index in [0.29, 0.717) is 6.61 Å². The Hall–Kier alpha value is -1.05. The molecule has 0 bridgehead atoms. The van der Waals surface area contributed by atoms with E-state index in [9.17, 15) is 4.79 Å². The summed E-state index contributed by atoms with van der Waals surface area (Å²) in [7, 11) is 0. The van der Waals surface area contributed by atoms with Gasteiger partial charge in [-0.25, -0.2) is 4.79 Å². The number of carbonyl (C=O) groups is 1. The van der Waals surface area contributed by atoms with Crippen molar-refractivity contribution in [1.82, 2.24) is 0 Å². The van der Waals surface area contributed by atoms with E-state index >= 15 is 0 Å². The number of ether oxygens (including phenoxy) is 1. The maximum Gasteiger partial charge on any atom is 0.330 e. The smallest absolute Gasteiger partial charge is 0.330 e. The van der Waals surface area contributed by atoms with Gasteiger partial charge in [0.1, 0.15) is 6.61 Å². The zero-order valence-electron chi connectivity index (χ0n) is 8.51. The van der Waals surface area contributed by atoms with Crippen molar-refractivity contribution in [2.75, 3.05) is 6.61 Å². The average Bonchev–Trinajstić information content (AvgIpc) is 2.17. The Balaban J connectivity index is 3.73. The molecule has 0 amide bonds. The molecule has 0 heterocycles. The standard InChI is InChI=1S/C11H18O2/c1-4-7-8-10(5-2)9-13-11(12)6-3/h5-6H,3-4,7-9H2,1-2H3. The van der Waals surface area contributed by atoms with Gasteiger partial charge in [-0.1, -0.05) is 26.0 Å². The van der Waals surface area contributed by atoms with Crippen LogP contribution in [-0.4, -0.2) is 12.6 Å². The molecule has 0 aromatic rings. The molecule has 0 spiro atoms. The molecule has 0 saturated carbocycles. The number of esters is 1. The van der Waals surface area contributed by atoms with Gasteiger partial charge in [-0.05, 0) is 25.3 Å². The second-order valence-corrected chi connectivity index (χ2v) is 2.86. The zero-order chi connectivity index (χ0) is 10.1. The van der Waals surface area contributed by atoms with Gasteiger partial charge in [-0.3, -0.25) is 0 Å². The van der Waals surface area contributed by atoms with E-state index in [-0.39, 0.29) is 5.97 Å². The molecule has 0 N–H and O–H groups in total. The number of carbonyl (C=O) groups excluding carboxylic acids is 1. The summed E-state index contributed by atoms with van der Waals surface area (Å²) in [6.45, 7) is 7.84. The third-order valence-corrected chi connectivity index (χ3v) is 1.83. The molecule has 0 radical (unpaired) electrons. The molecule has 0 aliphatic heterocycles. The summed E-state index contributed by atoms with van der Waals surface area (Å²) >= 11 is 0. The molecule has 0 aliphatic carbocycles. The number of hydrogen-bond donors (Lipinski definition) is 0. The van der Waals surface area contributed by atoms with E-state index in [1.54, 1.807) is 0 Å². The number of allylic oxidation sites excluding steroid dienone is 1. The van der Waals surface area contributed by atoms with E-state index in [1.165, 1.54) is 11.6 Å². The van der Waals surface area contributed by atoms with Crippen molar-refractivity contribution in [2.45, 2.75) is 33.1 Å². The van der Waals surface area contributed by atoms with Gasteiger partial charge >= 0.3 is 5.97 Å². The van der Waals surface area contributed by atoms with Crippen molar-refractivity contribution in [1.29, 1.82) is 0 Å². The summed E-state index contributed by atoms with van der Waals surface area (Å²) in [6.07, 6.45) is 6.51. The third kappa shape index (κ3) is 6.14. The summed E-state index contributed by atoms with van der Waals surface area (Å²) in [4.78, 5) is 10.7. The van der Waals surface area contributed by atoms with Gasteiger partial charge in [0, 0.05) is 6.08 Å². The van der Waals surface area contributed by atoms with Gasteiger partial charge in [0.05, 0.1) is 0 Å². The minimum absolute atomic E-state index is 0.351.